The van der Waals surface area contributed by atoms with Crippen LogP contribution in [0.1, 0.15) is 27.2 Å². The summed E-state index contributed by atoms with van der Waals surface area (Å²) in [5.41, 5.74) is 0.676. The molecule has 1 fully saturated rings. The average molecular weight is 336 g/mol. The summed E-state index contributed by atoms with van der Waals surface area (Å²) >= 11 is 0. The number of nitrogens with zero attached hydrogens (tertiary/aromatic N) is 2. The third-order valence-corrected chi connectivity index (χ3v) is 3.70. The van der Waals surface area contributed by atoms with Gasteiger partial charge in [0.05, 0.1) is 24.1 Å². The van der Waals surface area contributed by atoms with Crippen LogP contribution in [0.15, 0.2) is 18.3 Å². The van der Waals surface area contributed by atoms with Crippen LogP contribution in [0.4, 0.5) is 16.3 Å². The van der Waals surface area contributed by atoms with Crippen molar-refractivity contribution < 1.29 is 14.3 Å². The molecule has 24 heavy (non-hydrogen) atoms. The molecule has 2 unspecified atom stereocenters. The van der Waals surface area contributed by atoms with E-state index in [-0.39, 0.29) is 18.2 Å². The normalized spacial score (nSPS) is 20.7. The number of hydrogen-bond acceptors (Lipinski definition) is 5. The Balaban J connectivity index is 1.78. The van der Waals surface area contributed by atoms with Crippen LogP contribution in [0.2, 0.25) is 0 Å². The molecule has 2 heterocycles. The van der Waals surface area contributed by atoms with Crippen molar-refractivity contribution in [2.75, 3.05) is 43.1 Å². The summed E-state index contributed by atoms with van der Waals surface area (Å²) in [4.78, 5) is 18.5. The Morgan fingerprint density at radius 2 is 2.12 bits per heavy atom. The first-order valence-electron chi connectivity index (χ1n) is 8.57. The molecule has 0 aliphatic carbocycles. The zero-order valence-corrected chi connectivity index (χ0v) is 14.7. The lowest BCUT2D eigenvalue weighted by Crippen LogP contribution is -2.45. The van der Waals surface area contributed by atoms with E-state index in [1.54, 1.807) is 6.20 Å². The maximum absolute atomic E-state index is 11.8. The molecule has 1 aliphatic heterocycles. The highest BCUT2D eigenvalue weighted by Gasteiger charge is 2.22. The second-order valence-corrected chi connectivity index (χ2v) is 6.00. The van der Waals surface area contributed by atoms with Crippen LogP contribution in [-0.4, -0.2) is 56.1 Å². The first kappa shape index (κ1) is 18.5. The Kier molecular flexibility index (Phi) is 7.27. The lowest BCUT2D eigenvalue weighted by atomic mass is 10.2. The number of morpholine rings is 1. The monoisotopic (exact) mass is 336 g/mol. The lowest BCUT2D eigenvalue weighted by Gasteiger charge is -2.36. The van der Waals surface area contributed by atoms with E-state index in [0.717, 1.165) is 25.3 Å². The number of ether oxygens (including phenoxy) is 2. The van der Waals surface area contributed by atoms with Gasteiger partial charge in [-0.2, -0.15) is 0 Å². The number of carbonyl (C=O) groups excluding carboxylic acids is 1. The number of anilines is 2. The van der Waals surface area contributed by atoms with E-state index in [4.69, 9.17) is 9.47 Å². The first-order valence-corrected chi connectivity index (χ1v) is 8.57. The molecule has 1 aromatic rings. The molecule has 7 nitrogen and oxygen atoms in total. The van der Waals surface area contributed by atoms with Crippen molar-refractivity contribution in [1.29, 1.82) is 0 Å². The Bertz CT molecular complexity index is 499. The zero-order chi connectivity index (χ0) is 17.4. The highest BCUT2D eigenvalue weighted by molar-refractivity contribution is 5.89. The number of amides is 2. The van der Waals surface area contributed by atoms with E-state index in [1.165, 1.54) is 0 Å². The summed E-state index contributed by atoms with van der Waals surface area (Å²) in [5.74, 6) is 0.902. The van der Waals surface area contributed by atoms with E-state index >= 15 is 0 Å². The highest BCUT2D eigenvalue weighted by Crippen LogP contribution is 2.19. The summed E-state index contributed by atoms with van der Waals surface area (Å²) in [7, 11) is 0. The van der Waals surface area contributed by atoms with Crippen molar-refractivity contribution in [3.63, 3.8) is 0 Å². The molecule has 0 radical (unpaired) electrons. The molecule has 0 spiro atoms. The van der Waals surface area contributed by atoms with Crippen molar-refractivity contribution in [3.8, 4) is 0 Å². The van der Waals surface area contributed by atoms with Gasteiger partial charge in [0.15, 0.2) is 0 Å². The molecular weight excluding hydrogens is 308 g/mol. The van der Waals surface area contributed by atoms with Crippen LogP contribution in [0.5, 0.6) is 0 Å². The fourth-order valence-corrected chi connectivity index (χ4v) is 2.71. The molecule has 2 amide bonds. The summed E-state index contributed by atoms with van der Waals surface area (Å²) in [5, 5.41) is 5.58. The molecule has 0 bridgehead atoms. The van der Waals surface area contributed by atoms with Gasteiger partial charge in [-0.3, -0.25) is 0 Å². The second-order valence-electron chi connectivity index (χ2n) is 6.00. The van der Waals surface area contributed by atoms with Gasteiger partial charge in [-0.05, 0) is 39.3 Å². The van der Waals surface area contributed by atoms with Gasteiger partial charge in [0.1, 0.15) is 5.82 Å². The standard InChI is InChI=1S/C17H28N4O3/c1-4-23-9-5-8-18-17(22)20-15-6-7-16(19-10-15)21-11-13(2)24-14(3)12-21/h6-7,10,13-14H,4-5,8-9,11-12H2,1-3H3,(H2,18,20,22). The fourth-order valence-electron chi connectivity index (χ4n) is 2.71. The largest absolute Gasteiger partial charge is 0.382 e. The Morgan fingerprint density at radius 1 is 1.38 bits per heavy atom. The van der Waals surface area contributed by atoms with Crippen molar-refractivity contribution in [2.45, 2.75) is 39.4 Å². The van der Waals surface area contributed by atoms with Crippen LogP contribution in [-0.2, 0) is 9.47 Å². The molecule has 1 aliphatic rings. The molecule has 2 N–H and O–H groups in total. The Morgan fingerprint density at radius 3 is 2.75 bits per heavy atom. The van der Waals surface area contributed by atoms with Crippen LogP contribution >= 0.6 is 0 Å². The predicted molar refractivity (Wildman–Crippen MR) is 94.6 cm³/mol. The number of urea groups is 1. The minimum atomic E-state index is -0.227. The molecule has 7 heteroatoms. The van der Waals surface area contributed by atoms with Crippen LogP contribution in [0.25, 0.3) is 0 Å². The number of hydrogen-bond donors (Lipinski definition) is 2. The first-order chi connectivity index (χ1) is 11.6. The fraction of sp³-hybridized carbons (Fsp3) is 0.647. The van der Waals surface area contributed by atoms with Gasteiger partial charge in [-0.15, -0.1) is 0 Å². The van der Waals surface area contributed by atoms with Crippen LogP contribution < -0.4 is 15.5 Å². The summed E-state index contributed by atoms with van der Waals surface area (Å²) < 4.78 is 11.0. The van der Waals surface area contributed by atoms with Gasteiger partial charge in [0, 0.05) is 32.8 Å². The third-order valence-electron chi connectivity index (χ3n) is 3.70. The van der Waals surface area contributed by atoms with Crippen molar-refractivity contribution in [2.24, 2.45) is 0 Å². The van der Waals surface area contributed by atoms with Crippen LogP contribution in [0, 0.1) is 0 Å². The number of aromatic nitrogens is 1. The van der Waals surface area contributed by atoms with Crippen LogP contribution in [0.3, 0.4) is 0 Å². The van der Waals surface area contributed by atoms with E-state index in [0.29, 0.717) is 25.4 Å². The van der Waals surface area contributed by atoms with Gasteiger partial charge in [0.2, 0.25) is 0 Å². The SMILES string of the molecule is CCOCCCNC(=O)Nc1ccc(N2CC(C)OC(C)C2)nc1. The minimum absolute atomic E-state index is 0.191. The van der Waals surface area contributed by atoms with E-state index in [2.05, 4.69) is 34.4 Å². The molecule has 134 valence electrons. The molecule has 0 aromatic carbocycles. The van der Waals surface area contributed by atoms with Crippen molar-refractivity contribution in [1.82, 2.24) is 10.3 Å². The van der Waals surface area contributed by atoms with Gasteiger partial charge in [-0.25, -0.2) is 9.78 Å². The van der Waals surface area contributed by atoms with Crippen molar-refractivity contribution >= 4 is 17.5 Å². The highest BCUT2D eigenvalue weighted by atomic mass is 16.5. The van der Waals surface area contributed by atoms with Gasteiger partial charge in [0.25, 0.3) is 0 Å². The van der Waals surface area contributed by atoms with E-state index in [1.807, 2.05) is 19.1 Å². The number of nitrogens with one attached hydrogen (secondary N) is 2. The van der Waals surface area contributed by atoms with Gasteiger partial charge in [-0.1, -0.05) is 0 Å². The van der Waals surface area contributed by atoms with E-state index < -0.39 is 0 Å². The van der Waals surface area contributed by atoms with Crippen molar-refractivity contribution in [3.05, 3.63) is 18.3 Å². The second kappa shape index (κ2) is 9.44. The number of carbonyl (C=O) groups is 1. The minimum Gasteiger partial charge on any atom is -0.382 e. The number of pyridine rings is 1. The molecule has 0 saturated carbocycles. The van der Waals surface area contributed by atoms with Gasteiger partial charge >= 0.3 is 6.03 Å². The smallest absolute Gasteiger partial charge is 0.319 e. The molecular formula is C17H28N4O3. The molecule has 2 rings (SSSR count). The van der Waals surface area contributed by atoms with E-state index in [9.17, 15) is 4.79 Å². The molecule has 1 aromatic heterocycles. The molecule has 2 atom stereocenters. The molecule has 1 saturated heterocycles. The Labute approximate surface area is 143 Å². The number of rotatable bonds is 7. The zero-order valence-electron chi connectivity index (χ0n) is 14.7. The quantitative estimate of drug-likeness (QED) is 0.747. The summed E-state index contributed by atoms with van der Waals surface area (Å²) in [6.45, 7) is 9.67. The maximum Gasteiger partial charge on any atom is 0.319 e. The Hall–Kier alpha value is -1.86. The summed E-state index contributed by atoms with van der Waals surface area (Å²) in [6.07, 6.45) is 2.86. The topological polar surface area (TPSA) is 75.7 Å². The summed E-state index contributed by atoms with van der Waals surface area (Å²) in [6, 6.07) is 3.57. The predicted octanol–water partition coefficient (Wildman–Crippen LogP) is 2.24. The maximum atomic E-state index is 11.8. The lowest BCUT2D eigenvalue weighted by molar-refractivity contribution is -0.00545. The third kappa shape index (κ3) is 5.98. The van der Waals surface area contributed by atoms with Gasteiger partial charge < -0.3 is 25.0 Å². The average Bonchev–Trinajstić information content (AvgIpc) is 2.54.